The van der Waals surface area contributed by atoms with Crippen LogP contribution < -0.4 is 5.32 Å². The zero-order valence-corrected chi connectivity index (χ0v) is 10.9. The molecule has 2 N–H and O–H groups in total. The molecule has 0 aromatic carbocycles. The highest BCUT2D eigenvalue weighted by Gasteiger charge is 2.11. The molecule has 0 radical (unpaired) electrons. The molecule has 2 rings (SSSR count). The standard InChI is InChI=1S/C13H12N4O3/c1-7-5-8(2)16-13(15-7)17-11(18)10-4-3-9(6-14-10)12(19)20/h3-6H,1-2H3,(H,19,20)(H,15,16,17,18). The summed E-state index contributed by atoms with van der Waals surface area (Å²) in [5.41, 5.74) is 1.59. The van der Waals surface area contributed by atoms with E-state index in [0.29, 0.717) is 0 Å². The number of aryl methyl sites for hydroxylation is 2. The normalized spacial score (nSPS) is 10.1. The molecule has 0 fully saturated rings. The monoisotopic (exact) mass is 272 g/mol. The second-order valence-electron chi connectivity index (χ2n) is 4.17. The van der Waals surface area contributed by atoms with Crippen molar-refractivity contribution in [3.8, 4) is 0 Å². The van der Waals surface area contributed by atoms with Gasteiger partial charge in [0.15, 0.2) is 0 Å². The van der Waals surface area contributed by atoms with Gasteiger partial charge in [0.1, 0.15) is 5.69 Å². The van der Waals surface area contributed by atoms with Crippen molar-refractivity contribution in [2.24, 2.45) is 0 Å². The van der Waals surface area contributed by atoms with E-state index in [9.17, 15) is 9.59 Å². The summed E-state index contributed by atoms with van der Waals surface area (Å²) in [4.78, 5) is 34.6. The molecule has 0 atom stereocenters. The Morgan fingerprint density at radius 3 is 2.30 bits per heavy atom. The summed E-state index contributed by atoms with van der Waals surface area (Å²) < 4.78 is 0. The Morgan fingerprint density at radius 1 is 1.15 bits per heavy atom. The summed E-state index contributed by atoms with van der Waals surface area (Å²) in [6, 6.07) is 4.43. The predicted molar refractivity (Wildman–Crippen MR) is 70.7 cm³/mol. The predicted octanol–water partition coefficient (Wildman–Crippen LogP) is 1.44. The van der Waals surface area contributed by atoms with Crippen LogP contribution in [0.15, 0.2) is 24.4 Å². The van der Waals surface area contributed by atoms with E-state index in [1.165, 1.54) is 12.1 Å². The van der Waals surface area contributed by atoms with Crippen molar-refractivity contribution in [1.82, 2.24) is 15.0 Å². The molecule has 2 heterocycles. The van der Waals surface area contributed by atoms with Gasteiger partial charge in [-0.15, -0.1) is 0 Å². The number of aromatic carboxylic acids is 1. The zero-order chi connectivity index (χ0) is 14.7. The van der Waals surface area contributed by atoms with Crippen LogP contribution in [-0.2, 0) is 0 Å². The van der Waals surface area contributed by atoms with Crippen LogP contribution in [0.1, 0.15) is 32.2 Å². The molecule has 7 heteroatoms. The minimum absolute atomic E-state index is 0.0178. The van der Waals surface area contributed by atoms with Gasteiger partial charge in [-0.25, -0.2) is 14.8 Å². The molecule has 0 aliphatic rings. The summed E-state index contributed by atoms with van der Waals surface area (Å²) >= 11 is 0. The topological polar surface area (TPSA) is 105 Å². The number of nitrogens with zero attached hydrogens (tertiary/aromatic N) is 3. The van der Waals surface area contributed by atoms with Gasteiger partial charge in [-0.05, 0) is 32.0 Å². The fourth-order valence-electron chi connectivity index (χ4n) is 1.60. The third-order valence-corrected chi connectivity index (χ3v) is 2.45. The summed E-state index contributed by atoms with van der Waals surface area (Å²) in [6.45, 7) is 3.59. The van der Waals surface area contributed by atoms with Crippen LogP contribution in [0, 0.1) is 13.8 Å². The number of nitrogens with one attached hydrogen (secondary N) is 1. The van der Waals surface area contributed by atoms with Crippen LogP contribution in [0.2, 0.25) is 0 Å². The number of amides is 1. The number of rotatable bonds is 3. The number of carbonyl (C=O) groups is 2. The van der Waals surface area contributed by atoms with E-state index in [1.807, 2.05) is 0 Å². The molecule has 1 amide bonds. The van der Waals surface area contributed by atoms with Crippen LogP contribution in [0.3, 0.4) is 0 Å². The van der Waals surface area contributed by atoms with E-state index in [1.54, 1.807) is 19.9 Å². The summed E-state index contributed by atoms with van der Waals surface area (Å²) in [6.07, 6.45) is 1.12. The van der Waals surface area contributed by atoms with Crippen molar-refractivity contribution in [3.05, 3.63) is 47.0 Å². The van der Waals surface area contributed by atoms with Crippen molar-refractivity contribution in [3.63, 3.8) is 0 Å². The molecule has 2 aromatic rings. The minimum atomic E-state index is -1.10. The van der Waals surface area contributed by atoms with Crippen molar-refractivity contribution < 1.29 is 14.7 Å². The molecule has 20 heavy (non-hydrogen) atoms. The highest BCUT2D eigenvalue weighted by Crippen LogP contribution is 2.06. The Bertz CT molecular complexity index is 648. The lowest BCUT2D eigenvalue weighted by Crippen LogP contribution is -2.16. The smallest absolute Gasteiger partial charge is 0.337 e. The Labute approximate surface area is 114 Å². The SMILES string of the molecule is Cc1cc(C)nc(NC(=O)c2ccc(C(=O)O)cn2)n1. The Kier molecular flexibility index (Phi) is 3.69. The third-order valence-electron chi connectivity index (χ3n) is 2.45. The first-order valence-corrected chi connectivity index (χ1v) is 5.78. The van der Waals surface area contributed by atoms with Gasteiger partial charge in [0.05, 0.1) is 5.56 Å². The third kappa shape index (κ3) is 3.14. The number of carboxylic acid groups (broad SMARTS) is 1. The molecule has 0 aliphatic carbocycles. The van der Waals surface area contributed by atoms with Gasteiger partial charge in [0.25, 0.3) is 5.91 Å². The maximum absolute atomic E-state index is 11.9. The lowest BCUT2D eigenvalue weighted by Gasteiger charge is -2.05. The summed E-state index contributed by atoms with van der Waals surface area (Å²) in [7, 11) is 0. The van der Waals surface area contributed by atoms with E-state index < -0.39 is 11.9 Å². The average molecular weight is 272 g/mol. The molecule has 102 valence electrons. The molecular formula is C13H12N4O3. The molecule has 0 bridgehead atoms. The number of anilines is 1. The summed E-state index contributed by atoms with van der Waals surface area (Å²) in [5, 5.41) is 11.3. The Morgan fingerprint density at radius 2 is 1.80 bits per heavy atom. The van der Waals surface area contributed by atoms with E-state index in [0.717, 1.165) is 17.6 Å². The van der Waals surface area contributed by atoms with Crippen molar-refractivity contribution in [2.75, 3.05) is 5.32 Å². The van der Waals surface area contributed by atoms with Crippen molar-refractivity contribution in [1.29, 1.82) is 0 Å². The second kappa shape index (κ2) is 5.43. The molecule has 0 unspecified atom stereocenters. The van der Waals surface area contributed by atoms with Crippen LogP contribution in [-0.4, -0.2) is 31.9 Å². The molecule has 2 aromatic heterocycles. The molecule has 7 nitrogen and oxygen atoms in total. The molecule has 0 saturated heterocycles. The number of hydrogen-bond acceptors (Lipinski definition) is 5. The Hall–Kier alpha value is -2.83. The minimum Gasteiger partial charge on any atom is -0.478 e. The van der Waals surface area contributed by atoms with Gasteiger partial charge in [-0.1, -0.05) is 0 Å². The first-order valence-electron chi connectivity index (χ1n) is 5.78. The molecule has 0 saturated carbocycles. The fraction of sp³-hybridized carbons (Fsp3) is 0.154. The molecule has 0 aliphatic heterocycles. The maximum atomic E-state index is 11.9. The number of carboxylic acids is 1. The van der Waals surface area contributed by atoms with Gasteiger partial charge in [0, 0.05) is 17.6 Å². The largest absolute Gasteiger partial charge is 0.478 e. The second-order valence-corrected chi connectivity index (χ2v) is 4.17. The van der Waals surface area contributed by atoms with Crippen molar-refractivity contribution >= 4 is 17.8 Å². The van der Waals surface area contributed by atoms with Crippen LogP contribution in [0.5, 0.6) is 0 Å². The first-order chi connectivity index (χ1) is 9.45. The van der Waals surface area contributed by atoms with E-state index in [-0.39, 0.29) is 17.2 Å². The highest BCUT2D eigenvalue weighted by atomic mass is 16.4. The fourth-order valence-corrected chi connectivity index (χ4v) is 1.60. The zero-order valence-electron chi connectivity index (χ0n) is 10.9. The van der Waals surface area contributed by atoms with E-state index >= 15 is 0 Å². The maximum Gasteiger partial charge on any atom is 0.337 e. The molecule has 0 spiro atoms. The molecular weight excluding hydrogens is 260 g/mol. The van der Waals surface area contributed by atoms with E-state index in [2.05, 4.69) is 20.3 Å². The van der Waals surface area contributed by atoms with Crippen LogP contribution >= 0.6 is 0 Å². The first kappa shape index (κ1) is 13.6. The number of carbonyl (C=O) groups excluding carboxylic acids is 1. The van der Waals surface area contributed by atoms with E-state index in [4.69, 9.17) is 5.11 Å². The summed E-state index contributed by atoms with van der Waals surface area (Å²) in [5.74, 6) is -1.40. The van der Waals surface area contributed by atoms with Crippen LogP contribution in [0.25, 0.3) is 0 Å². The van der Waals surface area contributed by atoms with Gasteiger partial charge >= 0.3 is 5.97 Å². The number of aromatic nitrogens is 3. The van der Waals surface area contributed by atoms with Gasteiger partial charge in [0.2, 0.25) is 5.95 Å². The van der Waals surface area contributed by atoms with Gasteiger partial charge in [-0.2, -0.15) is 0 Å². The Balaban J connectivity index is 2.17. The lowest BCUT2D eigenvalue weighted by molar-refractivity contribution is 0.0696. The number of hydrogen-bond donors (Lipinski definition) is 2. The average Bonchev–Trinajstić information content (AvgIpc) is 2.37. The quantitative estimate of drug-likeness (QED) is 0.875. The van der Waals surface area contributed by atoms with Gasteiger partial charge in [-0.3, -0.25) is 15.1 Å². The number of pyridine rings is 1. The lowest BCUT2D eigenvalue weighted by atomic mass is 10.2. The van der Waals surface area contributed by atoms with Crippen molar-refractivity contribution in [2.45, 2.75) is 13.8 Å². The highest BCUT2D eigenvalue weighted by molar-refractivity contribution is 6.02. The van der Waals surface area contributed by atoms with Gasteiger partial charge < -0.3 is 5.11 Å². The van der Waals surface area contributed by atoms with Crippen LogP contribution in [0.4, 0.5) is 5.95 Å².